The number of ether oxygens (including phenoxy) is 1. The van der Waals surface area contributed by atoms with Crippen molar-refractivity contribution in [3.8, 4) is 5.75 Å². The summed E-state index contributed by atoms with van der Waals surface area (Å²) in [5.41, 5.74) is -0.737. The van der Waals surface area contributed by atoms with Gasteiger partial charge in [0.25, 0.3) is 12.1 Å². The van der Waals surface area contributed by atoms with Gasteiger partial charge in [-0.1, -0.05) is 47.5 Å². The highest BCUT2D eigenvalue weighted by Gasteiger charge is 2.59. The van der Waals surface area contributed by atoms with Gasteiger partial charge in [0, 0.05) is 25.8 Å². The summed E-state index contributed by atoms with van der Waals surface area (Å²) in [7, 11) is 3.41. The van der Waals surface area contributed by atoms with Gasteiger partial charge < -0.3 is 20.3 Å². The van der Waals surface area contributed by atoms with Crippen molar-refractivity contribution in [1.29, 1.82) is 0 Å². The number of anilines is 2. The van der Waals surface area contributed by atoms with Crippen molar-refractivity contribution in [3.05, 3.63) is 87.9 Å². The third-order valence-corrected chi connectivity index (χ3v) is 5.55. The fourth-order valence-corrected chi connectivity index (χ4v) is 3.29. The van der Waals surface area contributed by atoms with Crippen LogP contribution >= 0.6 is 23.2 Å². The van der Waals surface area contributed by atoms with E-state index in [9.17, 15) is 49.5 Å². The minimum absolute atomic E-state index is 0.110. The molecule has 5 amide bonds. The lowest BCUT2D eigenvalue weighted by Crippen LogP contribution is -2.45. The Morgan fingerprint density at radius 1 is 0.841 bits per heavy atom. The molecule has 1 atom stereocenters. The Labute approximate surface area is 253 Å². The number of nitrogens with zero attached hydrogens (tertiary/aromatic N) is 1. The number of hydrogen-bond acceptors (Lipinski definition) is 4. The van der Waals surface area contributed by atoms with Gasteiger partial charge >= 0.3 is 24.3 Å². The van der Waals surface area contributed by atoms with Crippen LogP contribution in [0.15, 0.2) is 60.7 Å². The fourth-order valence-electron chi connectivity index (χ4n) is 2.88. The minimum Gasteiger partial charge on any atom is -0.428 e. The lowest BCUT2D eigenvalue weighted by molar-refractivity contribution is -0.304. The molecule has 0 saturated heterocycles. The molecule has 238 valence electrons. The van der Waals surface area contributed by atoms with Gasteiger partial charge in [-0.25, -0.2) is 22.8 Å². The number of urea groups is 2. The molecule has 0 bridgehead atoms. The first-order chi connectivity index (χ1) is 20.3. The Hall–Kier alpha value is -4.31. The van der Waals surface area contributed by atoms with Crippen molar-refractivity contribution < 1.29 is 54.2 Å². The lowest BCUT2D eigenvalue weighted by Gasteiger charge is -2.24. The van der Waals surface area contributed by atoms with E-state index in [2.05, 4.69) is 10.1 Å². The maximum atomic E-state index is 13.6. The Kier molecular flexibility index (Phi) is 12.2. The van der Waals surface area contributed by atoms with Crippen LogP contribution in [-0.4, -0.2) is 55.4 Å². The molecule has 0 spiro atoms. The summed E-state index contributed by atoms with van der Waals surface area (Å²) in [6.45, 7) is 0. The van der Waals surface area contributed by atoms with Gasteiger partial charge in [-0.3, -0.25) is 10.1 Å². The number of halogens is 10. The number of amides is 5. The first kappa shape index (κ1) is 35.9. The zero-order valence-electron chi connectivity index (χ0n) is 22.2. The van der Waals surface area contributed by atoms with E-state index in [1.54, 1.807) is 19.4 Å². The summed E-state index contributed by atoms with van der Waals surface area (Å²) in [6.07, 6.45) is -16.0. The van der Waals surface area contributed by atoms with Crippen LogP contribution in [0.4, 0.5) is 56.1 Å². The largest absolute Gasteiger partial charge is 0.439 e. The van der Waals surface area contributed by atoms with Crippen LogP contribution in [0, 0.1) is 11.6 Å². The van der Waals surface area contributed by atoms with E-state index in [1.165, 1.54) is 4.90 Å². The van der Waals surface area contributed by atoms with E-state index in [1.807, 2.05) is 35.6 Å². The Bertz CT molecular complexity index is 1470. The molecule has 44 heavy (non-hydrogen) atoms. The Morgan fingerprint density at radius 2 is 1.41 bits per heavy atom. The topological polar surface area (TPSA) is 99.8 Å². The van der Waals surface area contributed by atoms with Gasteiger partial charge in [0.15, 0.2) is 0 Å². The quantitative estimate of drug-likeness (QED) is 0.232. The molecule has 3 aromatic rings. The van der Waals surface area contributed by atoms with E-state index >= 15 is 0 Å². The van der Waals surface area contributed by atoms with Crippen molar-refractivity contribution in [2.45, 2.75) is 18.5 Å². The average Bonchev–Trinajstić information content (AvgIpc) is 2.91. The fraction of sp³-hybridized carbons (Fsp3) is 0.192. The van der Waals surface area contributed by atoms with Crippen LogP contribution in [0.5, 0.6) is 5.75 Å². The molecular weight excluding hydrogens is 655 g/mol. The lowest BCUT2D eigenvalue weighted by atomic mass is 10.2. The summed E-state index contributed by atoms with van der Waals surface area (Å²) in [5.74, 6) is -5.20. The summed E-state index contributed by atoms with van der Waals surface area (Å²) in [6, 6.07) is 11.4. The second-order valence-electron chi connectivity index (χ2n) is 8.53. The van der Waals surface area contributed by atoms with Crippen LogP contribution < -0.4 is 20.7 Å². The SMILES string of the molecule is CN(C)C(=O)Nc1ccccc1.O=C(NC(=O)c1c(F)cccc1F)Nc1cc(Cl)c(OC(F)(F)C(F)C(F)(F)F)cc1Cl. The number of rotatable bonds is 6. The highest BCUT2D eigenvalue weighted by atomic mass is 35.5. The number of imide groups is 1. The van der Waals surface area contributed by atoms with E-state index in [4.69, 9.17) is 23.2 Å². The number of benzene rings is 3. The maximum Gasteiger partial charge on any atom is 0.439 e. The summed E-state index contributed by atoms with van der Waals surface area (Å²) in [4.78, 5) is 36.4. The standard InChI is InChI=1S/C17H8Cl2F8N2O3.C9H12N2O/c18-6-5-11(32-17(26,27)14(22)16(23,24)25)7(19)4-10(6)28-15(31)29-13(30)12-8(20)2-1-3-9(12)21;1-11(2)9(12)10-8-6-4-3-5-7-8/h1-5,14H,(H2,28,29,30,31);3-7H,1-2H3,(H,10,12). The number of carbonyl (C=O) groups is 3. The Balaban J connectivity index is 0.000000469. The minimum atomic E-state index is -5.94. The molecule has 0 fully saturated rings. The number of nitrogens with one attached hydrogen (secondary N) is 3. The van der Waals surface area contributed by atoms with E-state index in [0.717, 1.165) is 23.9 Å². The average molecular weight is 675 g/mol. The molecule has 0 aromatic heterocycles. The molecule has 0 saturated carbocycles. The van der Waals surface area contributed by atoms with Gasteiger partial charge in [0.05, 0.1) is 15.7 Å². The van der Waals surface area contributed by atoms with Crippen LogP contribution in [0.3, 0.4) is 0 Å². The molecular formula is C26H20Cl2F8N4O4. The van der Waals surface area contributed by atoms with Crippen molar-refractivity contribution in [2.75, 3.05) is 24.7 Å². The normalized spacial score (nSPS) is 11.8. The summed E-state index contributed by atoms with van der Waals surface area (Å²) < 4.78 is 107. The molecule has 0 aliphatic rings. The molecule has 0 aliphatic heterocycles. The highest BCUT2D eigenvalue weighted by Crippen LogP contribution is 2.41. The van der Waals surface area contributed by atoms with E-state index in [0.29, 0.717) is 12.1 Å². The first-order valence-electron chi connectivity index (χ1n) is 11.7. The van der Waals surface area contributed by atoms with Gasteiger partial charge in [-0.2, -0.15) is 22.0 Å². The first-order valence-corrected chi connectivity index (χ1v) is 12.5. The molecule has 18 heteroatoms. The van der Waals surface area contributed by atoms with Gasteiger partial charge in [0.1, 0.15) is 22.9 Å². The maximum absolute atomic E-state index is 13.6. The van der Waals surface area contributed by atoms with Gasteiger partial charge in [0.2, 0.25) is 0 Å². The number of carbonyl (C=O) groups excluding carboxylic acids is 3. The highest BCUT2D eigenvalue weighted by molar-refractivity contribution is 6.36. The van der Waals surface area contributed by atoms with Crippen LogP contribution in [-0.2, 0) is 0 Å². The molecule has 3 N–H and O–H groups in total. The number of hydrogen-bond donors (Lipinski definition) is 3. The molecule has 3 aromatic carbocycles. The van der Waals surface area contributed by atoms with E-state index < -0.39 is 69.1 Å². The summed E-state index contributed by atoms with van der Waals surface area (Å²) >= 11 is 11.3. The monoisotopic (exact) mass is 674 g/mol. The predicted molar refractivity (Wildman–Crippen MR) is 145 cm³/mol. The van der Waals surface area contributed by atoms with Crippen molar-refractivity contribution >= 4 is 52.5 Å². The summed E-state index contributed by atoms with van der Waals surface area (Å²) in [5, 5.41) is 4.72. The van der Waals surface area contributed by atoms with Crippen LogP contribution in [0.2, 0.25) is 10.0 Å². The van der Waals surface area contributed by atoms with Gasteiger partial charge in [-0.15, -0.1) is 0 Å². The molecule has 0 heterocycles. The van der Waals surface area contributed by atoms with Crippen molar-refractivity contribution in [3.63, 3.8) is 0 Å². The second kappa shape index (κ2) is 14.9. The number of alkyl halides is 6. The number of para-hydroxylation sites is 1. The van der Waals surface area contributed by atoms with Crippen molar-refractivity contribution in [1.82, 2.24) is 10.2 Å². The van der Waals surface area contributed by atoms with Crippen LogP contribution in [0.25, 0.3) is 0 Å². The third kappa shape index (κ3) is 10.2. The van der Waals surface area contributed by atoms with E-state index in [-0.39, 0.29) is 6.03 Å². The molecule has 0 aliphatic carbocycles. The molecule has 3 rings (SSSR count). The molecule has 0 radical (unpaired) electrons. The van der Waals surface area contributed by atoms with Crippen LogP contribution in [0.1, 0.15) is 10.4 Å². The molecule has 1 unspecified atom stereocenters. The zero-order valence-corrected chi connectivity index (χ0v) is 23.7. The third-order valence-electron chi connectivity index (χ3n) is 4.95. The Morgan fingerprint density at radius 3 is 1.93 bits per heavy atom. The van der Waals surface area contributed by atoms with Gasteiger partial charge in [-0.05, 0) is 30.3 Å². The smallest absolute Gasteiger partial charge is 0.428 e. The zero-order chi connectivity index (χ0) is 33.4. The second-order valence-corrected chi connectivity index (χ2v) is 9.34. The molecule has 8 nitrogen and oxygen atoms in total. The van der Waals surface area contributed by atoms with Crippen molar-refractivity contribution in [2.24, 2.45) is 0 Å². The predicted octanol–water partition coefficient (Wildman–Crippen LogP) is 7.89.